The van der Waals surface area contributed by atoms with Crippen molar-refractivity contribution in [2.45, 2.75) is 18.4 Å². The summed E-state index contributed by atoms with van der Waals surface area (Å²) in [7, 11) is 4.77. The molecule has 35 heavy (non-hydrogen) atoms. The van der Waals surface area contributed by atoms with Crippen molar-refractivity contribution in [1.82, 2.24) is 9.78 Å². The molecule has 0 fully saturated rings. The molecule has 0 saturated carbocycles. The summed E-state index contributed by atoms with van der Waals surface area (Å²) in [6, 6.07) is 14.6. The van der Waals surface area contributed by atoms with Crippen molar-refractivity contribution in [3.8, 4) is 39.6 Å². The summed E-state index contributed by atoms with van der Waals surface area (Å²) in [5.41, 5.74) is 3.24. The van der Waals surface area contributed by atoms with Gasteiger partial charge in [0, 0.05) is 30.2 Å². The van der Waals surface area contributed by atoms with Crippen molar-refractivity contribution in [2.75, 3.05) is 27.9 Å². The molecular weight excluding hydrogens is 468 g/mol. The Labute approximate surface area is 209 Å². The van der Waals surface area contributed by atoms with Gasteiger partial charge < -0.3 is 18.9 Å². The van der Waals surface area contributed by atoms with Crippen molar-refractivity contribution < 1.29 is 18.9 Å². The molecule has 1 aromatic heterocycles. The minimum absolute atomic E-state index is 0.269. The standard InChI is InChI=1S/C27H27ClN2O5/c1-5-35-27(28)14-12-20(13-15-27)30-25(31)17-22(18-6-9-21(32-2)10-7-18)26(29-30)19-8-11-23(33-3)24(16-19)34-4/h6-14,16-17H,5,15H2,1-4H3. The summed E-state index contributed by atoms with van der Waals surface area (Å²) in [6.07, 6.45) is 5.76. The number of nitrogens with zero attached hydrogens (tertiary/aromatic N) is 2. The van der Waals surface area contributed by atoms with Crippen LogP contribution in [0.4, 0.5) is 0 Å². The number of hydrogen-bond acceptors (Lipinski definition) is 6. The van der Waals surface area contributed by atoms with Gasteiger partial charge in [-0.3, -0.25) is 4.79 Å². The third-order valence-corrected chi connectivity index (χ3v) is 6.10. The molecule has 1 aliphatic rings. The summed E-state index contributed by atoms with van der Waals surface area (Å²) in [5, 5.41) is 3.86. The monoisotopic (exact) mass is 494 g/mol. The minimum atomic E-state index is -0.920. The predicted octanol–water partition coefficient (Wildman–Crippen LogP) is 5.38. The van der Waals surface area contributed by atoms with Crippen LogP contribution in [-0.4, -0.2) is 42.8 Å². The van der Waals surface area contributed by atoms with Gasteiger partial charge in [-0.05, 0) is 55.0 Å². The summed E-state index contributed by atoms with van der Waals surface area (Å²) < 4.78 is 23.2. The number of ether oxygens (including phenoxy) is 4. The summed E-state index contributed by atoms with van der Waals surface area (Å²) >= 11 is 6.49. The average molecular weight is 495 g/mol. The van der Waals surface area contributed by atoms with Crippen LogP contribution in [0.1, 0.15) is 13.3 Å². The van der Waals surface area contributed by atoms with Gasteiger partial charge in [-0.15, -0.1) is 0 Å². The van der Waals surface area contributed by atoms with Gasteiger partial charge in [0.2, 0.25) is 0 Å². The van der Waals surface area contributed by atoms with E-state index in [1.807, 2.05) is 55.5 Å². The Balaban J connectivity index is 1.87. The van der Waals surface area contributed by atoms with Gasteiger partial charge in [-0.25, -0.2) is 0 Å². The third-order valence-electron chi connectivity index (χ3n) is 5.71. The highest BCUT2D eigenvalue weighted by atomic mass is 35.5. The lowest BCUT2D eigenvalue weighted by Crippen LogP contribution is -2.27. The second-order valence-corrected chi connectivity index (χ2v) is 8.48. The number of benzene rings is 2. The van der Waals surface area contributed by atoms with Crippen molar-refractivity contribution in [2.24, 2.45) is 0 Å². The van der Waals surface area contributed by atoms with Crippen LogP contribution in [0.15, 0.2) is 71.6 Å². The van der Waals surface area contributed by atoms with Crippen LogP contribution in [0.5, 0.6) is 17.2 Å². The molecule has 0 radical (unpaired) electrons. The lowest BCUT2D eigenvalue weighted by atomic mass is 9.99. The Morgan fingerprint density at radius 3 is 2.29 bits per heavy atom. The van der Waals surface area contributed by atoms with E-state index in [0.717, 1.165) is 16.9 Å². The Morgan fingerprint density at radius 2 is 1.69 bits per heavy atom. The third kappa shape index (κ3) is 5.11. The number of methoxy groups -OCH3 is 3. The number of alkyl halides is 1. The molecule has 1 aliphatic carbocycles. The lowest BCUT2D eigenvalue weighted by Gasteiger charge is -2.25. The smallest absolute Gasteiger partial charge is 0.272 e. The average Bonchev–Trinajstić information content (AvgIpc) is 2.89. The van der Waals surface area contributed by atoms with Crippen molar-refractivity contribution in [3.05, 3.63) is 77.1 Å². The number of rotatable bonds is 8. The number of allylic oxidation sites excluding steroid dienone is 2. The molecule has 0 N–H and O–H groups in total. The number of aromatic nitrogens is 2. The Morgan fingerprint density at radius 1 is 0.971 bits per heavy atom. The fourth-order valence-corrected chi connectivity index (χ4v) is 4.17. The first kappa shape index (κ1) is 24.6. The Hall–Kier alpha value is -3.55. The first-order valence-electron chi connectivity index (χ1n) is 11.1. The molecule has 0 amide bonds. The second kappa shape index (κ2) is 10.4. The van der Waals surface area contributed by atoms with Crippen LogP contribution in [-0.2, 0) is 4.74 Å². The first-order valence-corrected chi connectivity index (χ1v) is 11.5. The quantitative estimate of drug-likeness (QED) is 0.392. The topological polar surface area (TPSA) is 71.8 Å². The van der Waals surface area contributed by atoms with E-state index in [9.17, 15) is 4.79 Å². The van der Waals surface area contributed by atoms with Gasteiger partial charge in [-0.2, -0.15) is 9.78 Å². The maximum absolute atomic E-state index is 13.2. The normalized spacial score (nSPS) is 17.1. The van der Waals surface area contributed by atoms with Crippen LogP contribution in [0, 0.1) is 0 Å². The van der Waals surface area contributed by atoms with Crippen LogP contribution in [0.25, 0.3) is 28.1 Å². The molecule has 0 saturated heterocycles. The van der Waals surface area contributed by atoms with E-state index in [4.69, 9.17) is 35.6 Å². The van der Waals surface area contributed by atoms with Gasteiger partial charge in [0.05, 0.1) is 32.7 Å². The van der Waals surface area contributed by atoms with Gasteiger partial charge >= 0.3 is 0 Å². The highest BCUT2D eigenvalue weighted by Crippen LogP contribution is 2.36. The Bertz CT molecular complexity index is 1330. The van der Waals surface area contributed by atoms with Crippen molar-refractivity contribution >= 4 is 17.3 Å². The molecular formula is C27H27ClN2O5. The molecule has 2 aromatic carbocycles. The molecule has 182 valence electrons. The van der Waals surface area contributed by atoms with Crippen LogP contribution < -0.4 is 19.8 Å². The largest absolute Gasteiger partial charge is 0.497 e. The molecule has 4 rings (SSSR count). The Kier molecular flexibility index (Phi) is 7.28. The maximum Gasteiger partial charge on any atom is 0.272 e. The van der Waals surface area contributed by atoms with E-state index >= 15 is 0 Å². The van der Waals surface area contributed by atoms with E-state index in [0.29, 0.717) is 41.5 Å². The SMILES string of the molecule is CCOC1(Cl)C=CC(n2nc(-c3ccc(OC)c(OC)c3)c(-c3ccc(OC)cc3)cc2=O)=CC1. The minimum Gasteiger partial charge on any atom is -0.497 e. The van der Waals surface area contributed by atoms with E-state index in [-0.39, 0.29) is 5.56 Å². The fourth-order valence-electron chi connectivity index (χ4n) is 3.92. The fraction of sp³-hybridized carbons (Fsp3) is 0.259. The molecule has 0 spiro atoms. The maximum atomic E-state index is 13.2. The molecule has 3 aromatic rings. The van der Waals surface area contributed by atoms with Gasteiger partial charge in [0.25, 0.3) is 5.56 Å². The number of halogens is 1. The molecule has 0 bridgehead atoms. The number of hydrogen-bond donors (Lipinski definition) is 0. The second-order valence-electron chi connectivity index (χ2n) is 7.84. The zero-order valence-corrected chi connectivity index (χ0v) is 20.8. The predicted molar refractivity (Wildman–Crippen MR) is 137 cm³/mol. The van der Waals surface area contributed by atoms with Crippen LogP contribution >= 0.6 is 11.6 Å². The van der Waals surface area contributed by atoms with E-state index in [1.165, 1.54) is 4.68 Å². The zero-order valence-electron chi connectivity index (χ0n) is 20.1. The van der Waals surface area contributed by atoms with Crippen molar-refractivity contribution in [1.29, 1.82) is 0 Å². The van der Waals surface area contributed by atoms with Crippen LogP contribution in [0.2, 0.25) is 0 Å². The summed E-state index contributed by atoms with van der Waals surface area (Å²) in [6.45, 7) is 2.37. The highest BCUT2D eigenvalue weighted by Gasteiger charge is 2.27. The van der Waals surface area contributed by atoms with Gasteiger partial charge in [0.1, 0.15) is 5.75 Å². The molecule has 1 unspecified atom stereocenters. The molecule has 1 atom stereocenters. The van der Waals surface area contributed by atoms with Gasteiger partial charge in [-0.1, -0.05) is 29.8 Å². The lowest BCUT2D eigenvalue weighted by molar-refractivity contribution is 0.0651. The summed E-state index contributed by atoms with van der Waals surface area (Å²) in [5.74, 6) is 1.88. The van der Waals surface area contributed by atoms with Crippen molar-refractivity contribution in [3.63, 3.8) is 0 Å². The molecule has 7 nitrogen and oxygen atoms in total. The molecule has 1 heterocycles. The van der Waals surface area contributed by atoms with E-state index in [2.05, 4.69) is 0 Å². The van der Waals surface area contributed by atoms with Gasteiger partial charge in [0.15, 0.2) is 16.6 Å². The zero-order chi connectivity index (χ0) is 25.0. The molecule has 0 aliphatic heterocycles. The van der Waals surface area contributed by atoms with Crippen LogP contribution in [0.3, 0.4) is 0 Å². The van der Waals surface area contributed by atoms with E-state index in [1.54, 1.807) is 39.5 Å². The van der Waals surface area contributed by atoms with E-state index < -0.39 is 5.06 Å². The summed E-state index contributed by atoms with van der Waals surface area (Å²) in [4.78, 5) is 13.2. The molecule has 8 heteroatoms. The first-order chi connectivity index (χ1) is 16.9. The highest BCUT2D eigenvalue weighted by molar-refractivity contribution is 6.24.